The molecular formula is C39H47N7O4. The molecule has 3 N–H and O–H groups in total. The van der Waals surface area contributed by atoms with Crippen molar-refractivity contribution in [2.75, 3.05) is 13.1 Å². The lowest BCUT2D eigenvalue weighted by Crippen LogP contribution is -2.43. The van der Waals surface area contributed by atoms with Crippen molar-refractivity contribution in [2.24, 2.45) is 5.92 Å². The lowest BCUT2D eigenvalue weighted by molar-refractivity contribution is -0.134. The molecule has 0 aliphatic carbocycles. The van der Waals surface area contributed by atoms with Crippen LogP contribution in [-0.2, 0) is 34.1 Å². The van der Waals surface area contributed by atoms with Crippen LogP contribution in [-0.4, -0.2) is 67.1 Å². The van der Waals surface area contributed by atoms with Gasteiger partial charge in [0.25, 0.3) is 0 Å². The van der Waals surface area contributed by atoms with E-state index in [0.717, 1.165) is 80.6 Å². The third-order valence-corrected chi connectivity index (χ3v) is 9.44. The van der Waals surface area contributed by atoms with E-state index in [-0.39, 0.29) is 24.4 Å². The molecule has 3 amide bonds. The molecule has 11 heteroatoms. The van der Waals surface area contributed by atoms with E-state index < -0.39 is 0 Å². The van der Waals surface area contributed by atoms with Crippen LogP contribution in [0.5, 0.6) is 5.75 Å². The minimum Gasteiger partial charge on any atom is -0.488 e. The normalized spacial score (nSPS) is 12.2. The van der Waals surface area contributed by atoms with Gasteiger partial charge in [-0.25, -0.2) is 9.97 Å². The molecule has 2 aromatic heterocycles. The van der Waals surface area contributed by atoms with Crippen LogP contribution in [0.1, 0.15) is 77.5 Å². The lowest BCUT2D eigenvalue weighted by Gasteiger charge is -2.29. The Labute approximate surface area is 292 Å². The molecule has 0 unspecified atom stereocenters. The second kappa shape index (κ2) is 15.1. The highest BCUT2D eigenvalue weighted by Crippen LogP contribution is 2.42. The molecule has 11 nitrogen and oxygen atoms in total. The van der Waals surface area contributed by atoms with Gasteiger partial charge >= 0.3 is 0 Å². The first-order valence-electron chi connectivity index (χ1n) is 17.7. The summed E-state index contributed by atoms with van der Waals surface area (Å²) in [5.74, 6) is 2.66. The molecule has 1 aliphatic heterocycles. The molecule has 1 aliphatic rings. The lowest BCUT2D eigenvalue weighted by atomic mass is 9.92. The van der Waals surface area contributed by atoms with Crippen molar-refractivity contribution in [2.45, 2.75) is 86.0 Å². The summed E-state index contributed by atoms with van der Waals surface area (Å²) in [4.78, 5) is 56.7. The molecule has 50 heavy (non-hydrogen) atoms. The number of hydrogen-bond donors (Lipinski definition) is 3. The number of ether oxygens (including phenoxy) is 1. The summed E-state index contributed by atoms with van der Waals surface area (Å²) in [5, 5.41) is 4.56. The average Bonchev–Trinajstić information content (AvgIpc) is 3.76. The van der Waals surface area contributed by atoms with Gasteiger partial charge in [-0.3, -0.25) is 14.4 Å². The molecule has 0 saturated carbocycles. The van der Waals surface area contributed by atoms with Gasteiger partial charge in [-0.2, -0.15) is 0 Å². The highest BCUT2D eigenvalue weighted by atomic mass is 16.5. The second-order valence-corrected chi connectivity index (χ2v) is 13.5. The Balaban J connectivity index is 1.25. The van der Waals surface area contributed by atoms with E-state index in [1.807, 2.05) is 11.8 Å². The molecular weight excluding hydrogens is 630 g/mol. The smallest absolute Gasteiger partial charge is 0.242 e. The number of amides is 3. The SMILES string of the molecule is CCCC(=O)N(Cc1nc2c(ccc3cc4c(cc32)OCc2cc(-c3cnc(CN(C(=O)CNC=O)C(CC)CC)[nH]3)ccc2-4)[nH]1)CC(C)C. The standard InChI is InChI=1S/C39H47N7O4/c1-6-9-37(48)45(19-24(4)5)20-36-42-32-13-11-25-15-31-29-12-10-26(14-27(29)22-50-34(31)16-30(25)39(32)44-36)33-17-41-35(43-33)21-46(28(7-2)8-3)38(49)18-40-23-47/h10-17,23-24,28H,6-9,18-22H2,1-5H3,(H,40,47)(H,41,43)(H,42,44). The van der Waals surface area contributed by atoms with Gasteiger partial charge in [0.2, 0.25) is 18.2 Å². The first-order chi connectivity index (χ1) is 24.2. The van der Waals surface area contributed by atoms with Crippen molar-refractivity contribution < 1.29 is 19.1 Å². The summed E-state index contributed by atoms with van der Waals surface area (Å²) in [6, 6.07) is 14.8. The molecule has 262 valence electrons. The molecule has 3 heterocycles. The van der Waals surface area contributed by atoms with E-state index in [0.29, 0.717) is 50.8 Å². The third-order valence-electron chi connectivity index (χ3n) is 9.44. The number of H-pyrrole nitrogens is 2. The van der Waals surface area contributed by atoms with E-state index in [2.05, 4.69) is 90.4 Å². The van der Waals surface area contributed by atoms with E-state index in [9.17, 15) is 14.4 Å². The Morgan fingerprint density at radius 2 is 1.80 bits per heavy atom. The summed E-state index contributed by atoms with van der Waals surface area (Å²) < 4.78 is 6.35. The molecule has 3 aromatic carbocycles. The predicted molar refractivity (Wildman–Crippen MR) is 195 cm³/mol. The van der Waals surface area contributed by atoms with Gasteiger partial charge in [-0.15, -0.1) is 0 Å². The van der Waals surface area contributed by atoms with Gasteiger partial charge in [0.15, 0.2) is 0 Å². The number of imidazole rings is 2. The zero-order valence-electron chi connectivity index (χ0n) is 29.6. The Hall–Kier alpha value is -5.19. The molecule has 6 rings (SSSR count). The van der Waals surface area contributed by atoms with Crippen LogP contribution in [0.25, 0.3) is 44.2 Å². The minimum absolute atomic E-state index is 0.0404. The van der Waals surface area contributed by atoms with Gasteiger partial charge in [0, 0.05) is 30.0 Å². The van der Waals surface area contributed by atoms with Gasteiger partial charge in [-0.05, 0) is 71.5 Å². The monoisotopic (exact) mass is 677 g/mol. The molecule has 0 spiro atoms. The predicted octanol–water partition coefficient (Wildman–Crippen LogP) is 6.71. The highest BCUT2D eigenvalue weighted by Gasteiger charge is 2.24. The first-order valence-corrected chi connectivity index (χ1v) is 17.7. The summed E-state index contributed by atoms with van der Waals surface area (Å²) >= 11 is 0. The second-order valence-electron chi connectivity index (χ2n) is 13.5. The first kappa shape index (κ1) is 34.7. The van der Waals surface area contributed by atoms with Crippen molar-refractivity contribution in [3.05, 3.63) is 65.9 Å². The highest BCUT2D eigenvalue weighted by molar-refractivity contribution is 6.07. The van der Waals surface area contributed by atoms with Crippen LogP contribution in [0, 0.1) is 5.92 Å². The van der Waals surface area contributed by atoms with Crippen LogP contribution >= 0.6 is 0 Å². The maximum absolute atomic E-state index is 12.9. The quantitative estimate of drug-likeness (QED) is 0.105. The van der Waals surface area contributed by atoms with Crippen LogP contribution in [0.2, 0.25) is 0 Å². The molecule has 0 saturated heterocycles. The van der Waals surface area contributed by atoms with E-state index in [1.54, 1.807) is 11.1 Å². The fourth-order valence-electron chi connectivity index (χ4n) is 6.96. The topological polar surface area (TPSA) is 136 Å². The molecule has 0 radical (unpaired) electrons. The zero-order chi connectivity index (χ0) is 35.4. The van der Waals surface area contributed by atoms with Crippen LogP contribution in [0.4, 0.5) is 0 Å². The Morgan fingerprint density at radius 1 is 0.980 bits per heavy atom. The van der Waals surface area contributed by atoms with Gasteiger partial charge in [-0.1, -0.05) is 52.8 Å². The Bertz CT molecular complexity index is 2010. The zero-order valence-corrected chi connectivity index (χ0v) is 29.6. The van der Waals surface area contributed by atoms with Crippen LogP contribution in [0.15, 0.2) is 48.7 Å². The number of hydrogen-bond acceptors (Lipinski definition) is 6. The number of nitrogens with zero attached hydrogens (tertiary/aromatic N) is 4. The number of aromatic nitrogens is 4. The van der Waals surface area contributed by atoms with Gasteiger partial charge in [0.05, 0.1) is 42.6 Å². The molecule has 0 bridgehead atoms. The fourth-order valence-corrected chi connectivity index (χ4v) is 6.96. The Kier molecular flexibility index (Phi) is 10.5. The number of rotatable bonds is 15. The van der Waals surface area contributed by atoms with E-state index >= 15 is 0 Å². The summed E-state index contributed by atoms with van der Waals surface area (Å²) in [5.41, 5.74) is 6.86. The Morgan fingerprint density at radius 3 is 2.54 bits per heavy atom. The largest absolute Gasteiger partial charge is 0.488 e. The molecule has 0 atom stereocenters. The minimum atomic E-state index is -0.137. The third kappa shape index (κ3) is 7.22. The molecule has 5 aromatic rings. The van der Waals surface area contributed by atoms with Crippen LogP contribution < -0.4 is 10.1 Å². The number of carbonyl (C=O) groups is 3. The van der Waals surface area contributed by atoms with E-state index in [4.69, 9.17) is 9.72 Å². The maximum atomic E-state index is 12.9. The number of carbonyl (C=O) groups excluding carboxylic acids is 3. The fraction of sp³-hybridized carbons (Fsp3) is 0.410. The number of nitrogens with one attached hydrogen (secondary N) is 3. The number of aromatic amines is 2. The number of benzene rings is 3. The van der Waals surface area contributed by atoms with Crippen LogP contribution in [0.3, 0.4) is 0 Å². The summed E-state index contributed by atoms with van der Waals surface area (Å²) in [6.07, 6.45) is 5.32. The average molecular weight is 678 g/mol. The van der Waals surface area contributed by atoms with Gasteiger partial charge < -0.3 is 29.8 Å². The maximum Gasteiger partial charge on any atom is 0.242 e. The summed E-state index contributed by atoms with van der Waals surface area (Å²) in [6.45, 7) is 12.3. The summed E-state index contributed by atoms with van der Waals surface area (Å²) in [7, 11) is 0. The van der Waals surface area contributed by atoms with Crippen molar-refractivity contribution in [1.29, 1.82) is 0 Å². The number of fused-ring (bicyclic) bond motifs is 6. The van der Waals surface area contributed by atoms with Crippen molar-refractivity contribution in [3.63, 3.8) is 0 Å². The van der Waals surface area contributed by atoms with Crippen molar-refractivity contribution >= 4 is 40.0 Å². The van der Waals surface area contributed by atoms with Crippen molar-refractivity contribution in [3.8, 4) is 28.1 Å². The van der Waals surface area contributed by atoms with Gasteiger partial charge in [0.1, 0.15) is 24.0 Å². The molecule has 0 fully saturated rings. The van der Waals surface area contributed by atoms with E-state index in [1.165, 1.54) is 0 Å². The van der Waals surface area contributed by atoms with Crippen molar-refractivity contribution in [1.82, 2.24) is 35.1 Å².